The SMILES string of the molecule is Cc1noc(-c2cccs2)c1C(=O)N[C@H](C)c1ccccc1. The molecule has 0 saturated heterocycles. The molecule has 0 bridgehead atoms. The summed E-state index contributed by atoms with van der Waals surface area (Å²) in [4.78, 5) is 13.5. The molecule has 5 heteroatoms. The van der Waals surface area contributed by atoms with Crippen molar-refractivity contribution in [1.82, 2.24) is 10.5 Å². The van der Waals surface area contributed by atoms with Crippen molar-refractivity contribution < 1.29 is 9.32 Å². The summed E-state index contributed by atoms with van der Waals surface area (Å²) in [7, 11) is 0. The van der Waals surface area contributed by atoms with Gasteiger partial charge in [0.15, 0.2) is 5.76 Å². The smallest absolute Gasteiger partial charge is 0.257 e. The second-order valence-electron chi connectivity index (χ2n) is 5.06. The highest BCUT2D eigenvalue weighted by Gasteiger charge is 2.23. The Morgan fingerprint density at radius 3 is 2.68 bits per heavy atom. The normalized spacial score (nSPS) is 12.1. The molecule has 2 heterocycles. The highest BCUT2D eigenvalue weighted by atomic mass is 32.1. The fourth-order valence-corrected chi connectivity index (χ4v) is 3.01. The van der Waals surface area contributed by atoms with Gasteiger partial charge >= 0.3 is 0 Å². The van der Waals surface area contributed by atoms with Crippen LogP contribution in [0.25, 0.3) is 10.6 Å². The van der Waals surface area contributed by atoms with Gasteiger partial charge < -0.3 is 9.84 Å². The lowest BCUT2D eigenvalue weighted by molar-refractivity contribution is 0.0939. The summed E-state index contributed by atoms with van der Waals surface area (Å²) in [6, 6.07) is 13.6. The van der Waals surface area contributed by atoms with E-state index in [1.54, 1.807) is 6.92 Å². The number of carbonyl (C=O) groups excluding carboxylic acids is 1. The molecule has 3 rings (SSSR count). The molecule has 0 unspecified atom stereocenters. The van der Waals surface area contributed by atoms with Gasteiger partial charge in [-0.3, -0.25) is 4.79 Å². The molecule has 0 radical (unpaired) electrons. The van der Waals surface area contributed by atoms with E-state index in [0.29, 0.717) is 17.0 Å². The quantitative estimate of drug-likeness (QED) is 0.785. The van der Waals surface area contributed by atoms with E-state index in [9.17, 15) is 4.79 Å². The Kier molecular flexibility index (Phi) is 4.06. The van der Waals surface area contributed by atoms with Crippen LogP contribution in [-0.4, -0.2) is 11.1 Å². The van der Waals surface area contributed by atoms with E-state index < -0.39 is 0 Å². The van der Waals surface area contributed by atoms with Crippen molar-refractivity contribution in [3.63, 3.8) is 0 Å². The van der Waals surface area contributed by atoms with Gasteiger partial charge in [0.05, 0.1) is 16.6 Å². The van der Waals surface area contributed by atoms with Crippen molar-refractivity contribution in [1.29, 1.82) is 0 Å². The van der Waals surface area contributed by atoms with Crippen LogP contribution in [0.2, 0.25) is 0 Å². The van der Waals surface area contributed by atoms with Crippen molar-refractivity contribution >= 4 is 17.2 Å². The molecular formula is C17H16N2O2S. The first-order valence-electron chi connectivity index (χ1n) is 7.02. The first-order valence-corrected chi connectivity index (χ1v) is 7.90. The summed E-state index contributed by atoms with van der Waals surface area (Å²) >= 11 is 1.52. The number of benzene rings is 1. The topological polar surface area (TPSA) is 55.1 Å². The average Bonchev–Trinajstić information content (AvgIpc) is 3.17. The van der Waals surface area contributed by atoms with Crippen molar-refractivity contribution in [2.24, 2.45) is 0 Å². The number of nitrogens with one attached hydrogen (secondary N) is 1. The van der Waals surface area contributed by atoms with Gasteiger partial charge in [-0.2, -0.15) is 0 Å². The molecule has 0 saturated carbocycles. The second-order valence-corrected chi connectivity index (χ2v) is 6.00. The maximum atomic E-state index is 12.6. The van der Waals surface area contributed by atoms with Gasteiger partial charge in [-0.25, -0.2) is 0 Å². The van der Waals surface area contributed by atoms with Crippen LogP contribution < -0.4 is 5.32 Å². The molecule has 112 valence electrons. The highest BCUT2D eigenvalue weighted by Crippen LogP contribution is 2.30. The van der Waals surface area contributed by atoms with Crippen molar-refractivity contribution in [2.75, 3.05) is 0 Å². The number of nitrogens with zero attached hydrogens (tertiary/aromatic N) is 1. The van der Waals surface area contributed by atoms with E-state index in [1.165, 1.54) is 11.3 Å². The van der Waals surface area contributed by atoms with Crippen LogP contribution in [0.3, 0.4) is 0 Å². The molecule has 0 spiro atoms. The third-order valence-electron chi connectivity index (χ3n) is 3.48. The van der Waals surface area contributed by atoms with Gasteiger partial charge in [0.2, 0.25) is 0 Å². The number of carbonyl (C=O) groups is 1. The van der Waals surface area contributed by atoms with Gasteiger partial charge in [-0.1, -0.05) is 41.6 Å². The highest BCUT2D eigenvalue weighted by molar-refractivity contribution is 7.13. The monoisotopic (exact) mass is 312 g/mol. The molecule has 1 aromatic carbocycles. The summed E-state index contributed by atoms with van der Waals surface area (Å²) < 4.78 is 5.35. The van der Waals surface area contributed by atoms with Crippen molar-refractivity contribution in [3.8, 4) is 10.6 Å². The van der Waals surface area contributed by atoms with E-state index in [2.05, 4.69) is 10.5 Å². The van der Waals surface area contributed by atoms with E-state index in [4.69, 9.17) is 4.52 Å². The third kappa shape index (κ3) is 2.80. The standard InChI is InChI=1S/C17H16N2O2S/c1-11(13-7-4-3-5-8-13)18-17(20)15-12(2)19-21-16(15)14-9-6-10-22-14/h3-11H,1-2H3,(H,18,20)/t11-/m1/s1. The molecule has 3 aromatic rings. The largest absolute Gasteiger partial charge is 0.354 e. The van der Waals surface area contributed by atoms with Crippen LogP contribution in [0.15, 0.2) is 52.4 Å². The Balaban J connectivity index is 1.86. The Labute approximate surface area is 132 Å². The molecule has 4 nitrogen and oxygen atoms in total. The lowest BCUT2D eigenvalue weighted by Crippen LogP contribution is -2.27. The average molecular weight is 312 g/mol. The number of thiophene rings is 1. The van der Waals surface area contributed by atoms with Crippen molar-refractivity contribution in [3.05, 3.63) is 64.7 Å². The summed E-state index contributed by atoms with van der Waals surface area (Å²) in [5.41, 5.74) is 2.16. The van der Waals surface area contributed by atoms with Crippen LogP contribution >= 0.6 is 11.3 Å². The molecule has 0 fully saturated rings. The fourth-order valence-electron chi connectivity index (χ4n) is 2.31. The Morgan fingerprint density at radius 2 is 2.00 bits per heavy atom. The predicted octanol–water partition coefficient (Wildman–Crippen LogP) is 4.20. The molecule has 1 atom stereocenters. The van der Waals surface area contributed by atoms with Crippen LogP contribution in [-0.2, 0) is 0 Å². The van der Waals surface area contributed by atoms with Crippen LogP contribution in [0.4, 0.5) is 0 Å². The molecule has 1 N–H and O–H groups in total. The molecule has 0 aliphatic carbocycles. The summed E-state index contributed by atoms with van der Waals surface area (Å²) in [6.07, 6.45) is 0. The molecular weight excluding hydrogens is 296 g/mol. The number of hydrogen-bond donors (Lipinski definition) is 1. The molecule has 2 aromatic heterocycles. The number of amides is 1. The van der Waals surface area contributed by atoms with Crippen LogP contribution in [0.5, 0.6) is 0 Å². The number of hydrogen-bond acceptors (Lipinski definition) is 4. The maximum absolute atomic E-state index is 12.6. The third-order valence-corrected chi connectivity index (χ3v) is 4.35. The van der Waals surface area contributed by atoms with Crippen molar-refractivity contribution in [2.45, 2.75) is 19.9 Å². The fraction of sp³-hybridized carbons (Fsp3) is 0.176. The van der Waals surface area contributed by atoms with E-state index in [0.717, 1.165) is 10.4 Å². The van der Waals surface area contributed by atoms with Gasteiger partial charge in [-0.15, -0.1) is 11.3 Å². The zero-order valence-electron chi connectivity index (χ0n) is 12.4. The van der Waals surface area contributed by atoms with Gasteiger partial charge in [-0.05, 0) is 30.9 Å². The van der Waals surface area contributed by atoms with Gasteiger partial charge in [0.1, 0.15) is 5.56 Å². The number of rotatable bonds is 4. The van der Waals surface area contributed by atoms with Crippen LogP contribution in [0.1, 0.15) is 34.6 Å². The molecule has 0 aliphatic rings. The summed E-state index contributed by atoms with van der Waals surface area (Å²) in [6.45, 7) is 3.74. The minimum Gasteiger partial charge on any atom is -0.354 e. The first kappa shape index (κ1) is 14.5. The zero-order valence-corrected chi connectivity index (χ0v) is 13.2. The van der Waals surface area contributed by atoms with Gasteiger partial charge in [0, 0.05) is 0 Å². The number of aryl methyl sites for hydroxylation is 1. The lowest BCUT2D eigenvalue weighted by Gasteiger charge is -2.14. The molecule has 0 aliphatic heterocycles. The second kappa shape index (κ2) is 6.15. The van der Waals surface area contributed by atoms with Gasteiger partial charge in [0.25, 0.3) is 5.91 Å². The molecule has 22 heavy (non-hydrogen) atoms. The predicted molar refractivity (Wildman–Crippen MR) is 86.9 cm³/mol. The Bertz CT molecular complexity index is 763. The number of aromatic nitrogens is 1. The first-order chi connectivity index (χ1) is 10.7. The van der Waals surface area contributed by atoms with Crippen LogP contribution in [0, 0.1) is 6.92 Å². The summed E-state index contributed by atoms with van der Waals surface area (Å²) in [5, 5.41) is 8.90. The van der Waals surface area contributed by atoms with E-state index in [1.807, 2.05) is 54.8 Å². The Morgan fingerprint density at radius 1 is 1.23 bits per heavy atom. The van der Waals surface area contributed by atoms with E-state index >= 15 is 0 Å². The summed E-state index contributed by atoms with van der Waals surface area (Å²) in [5.74, 6) is 0.365. The van der Waals surface area contributed by atoms with E-state index in [-0.39, 0.29) is 11.9 Å². The minimum atomic E-state index is -0.168. The maximum Gasteiger partial charge on any atom is 0.257 e. The zero-order chi connectivity index (χ0) is 15.5. The minimum absolute atomic E-state index is 0.0841. The molecule has 1 amide bonds. The lowest BCUT2D eigenvalue weighted by atomic mass is 10.1. The Hall–Kier alpha value is -2.40.